The first-order valence-corrected chi connectivity index (χ1v) is 6.35. The highest BCUT2D eigenvalue weighted by atomic mass is 16.5. The van der Waals surface area contributed by atoms with E-state index in [9.17, 15) is 9.90 Å². The van der Waals surface area contributed by atoms with Crippen molar-refractivity contribution in [3.63, 3.8) is 0 Å². The van der Waals surface area contributed by atoms with Gasteiger partial charge in [-0.05, 0) is 43.3 Å². The van der Waals surface area contributed by atoms with E-state index in [0.717, 1.165) is 12.8 Å². The summed E-state index contributed by atoms with van der Waals surface area (Å²) in [7, 11) is 0. The molecule has 0 aromatic heterocycles. The number of hydrogen-bond donors (Lipinski definition) is 0. The molecule has 0 amide bonds. The zero-order valence-corrected chi connectivity index (χ0v) is 9.41. The standard InChI is InChI=1S/C13H18O3/c14-13(15)10-7-11-8-5-3-1-2-4-6-9(8)12(10)16-11/h10-12H,1-7H2,(H,14,15)/p-1/t10-,11-,12-/m0/s1. The Balaban J connectivity index is 1.87. The van der Waals surface area contributed by atoms with Crippen LogP contribution in [-0.2, 0) is 9.53 Å². The van der Waals surface area contributed by atoms with Crippen LogP contribution < -0.4 is 5.11 Å². The van der Waals surface area contributed by atoms with Crippen LogP contribution in [0.3, 0.4) is 0 Å². The second-order valence-corrected chi connectivity index (χ2v) is 5.17. The Kier molecular flexibility index (Phi) is 2.51. The molecule has 3 aliphatic rings. The van der Waals surface area contributed by atoms with Crippen LogP contribution in [0.5, 0.6) is 0 Å². The number of carboxylic acids is 1. The first-order valence-electron chi connectivity index (χ1n) is 6.35. The topological polar surface area (TPSA) is 49.4 Å². The van der Waals surface area contributed by atoms with Gasteiger partial charge in [-0.25, -0.2) is 0 Å². The molecule has 0 saturated carbocycles. The SMILES string of the molecule is O=C([O-])[C@H]1C[C@@H]2O[C@H]1C1=C2CCCCCC1. The maximum atomic E-state index is 11.0. The fourth-order valence-corrected chi connectivity index (χ4v) is 3.45. The number of carboxylic acid groups (broad SMARTS) is 1. The summed E-state index contributed by atoms with van der Waals surface area (Å²) in [5.74, 6) is -1.32. The molecule has 3 rings (SSSR count). The number of ether oxygens (including phenoxy) is 1. The third kappa shape index (κ3) is 1.49. The lowest BCUT2D eigenvalue weighted by Gasteiger charge is -2.26. The van der Waals surface area contributed by atoms with Crippen LogP contribution in [-0.4, -0.2) is 18.2 Å². The molecular weight excluding hydrogens is 204 g/mol. The minimum absolute atomic E-state index is 0.0981. The Labute approximate surface area is 95.5 Å². The molecule has 0 spiro atoms. The normalized spacial score (nSPS) is 38.1. The summed E-state index contributed by atoms with van der Waals surface area (Å²) in [6.07, 6.45) is 7.75. The second kappa shape index (κ2) is 3.88. The van der Waals surface area contributed by atoms with E-state index in [1.54, 1.807) is 0 Å². The molecule has 88 valence electrons. The summed E-state index contributed by atoms with van der Waals surface area (Å²) >= 11 is 0. The van der Waals surface area contributed by atoms with E-state index in [1.807, 2.05) is 0 Å². The fraction of sp³-hybridized carbons (Fsp3) is 0.769. The van der Waals surface area contributed by atoms with E-state index >= 15 is 0 Å². The molecule has 1 fully saturated rings. The van der Waals surface area contributed by atoms with Crippen molar-refractivity contribution in [2.75, 3.05) is 0 Å². The molecule has 2 bridgehead atoms. The Morgan fingerprint density at radius 2 is 1.81 bits per heavy atom. The van der Waals surface area contributed by atoms with E-state index in [-0.39, 0.29) is 18.1 Å². The van der Waals surface area contributed by atoms with E-state index in [2.05, 4.69) is 0 Å². The van der Waals surface area contributed by atoms with Gasteiger partial charge in [0.1, 0.15) is 0 Å². The Morgan fingerprint density at radius 3 is 2.50 bits per heavy atom. The molecule has 0 unspecified atom stereocenters. The van der Waals surface area contributed by atoms with Gasteiger partial charge in [-0.2, -0.15) is 0 Å². The average Bonchev–Trinajstić information content (AvgIpc) is 2.73. The van der Waals surface area contributed by atoms with Crippen molar-refractivity contribution in [1.29, 1.82) is 0 Å². The van der Waals surface area contributed by atoms with Crippen LogP contribution in [0.25, 0.3) is 0 Å². The van der Waals surface area contributed by atoms with Crippen molar-refractivity contribution < 1.29 is 14.6 Å². The Hall–Kier alpha value is -0.830. The highest BCUT2D eigenvalue weighted by Crippen LogP contribution is 2.47. The average molecular weight is 221 g/mol. The highest BCUT2D eigenvalue weighted by Gasteiger charge is 2.46. The molecule has 0 N–H and O–H groups in total. The quantitative estimate of drug-likeness (QED) is 0.625. The van der Waals surface area contributed by atoms with Crippen LogP contribution in [0.4, 0.5) is 0 Å². The van der Waals surface area contributed by atoms with Crippen molar-refractivity contribution in [2.24, 2.45) is 5.92 Å². The zero-order chi connectivity index (χ0) is 11.1. The van der Waals surface area contributed by atoms with Crippen molar-refractivity contribution >= 4 is 5.97 Å². The number of rotatable bonds is 1. The molecule has 0 aromatic carbocycles. The first kappa shape index (κ1) is 10.3. The molecule has 0 aromatic rings. The van der Waals surface area contributed by atoms with Crippen LogP contribution in [0.1, 0.15) is 44.9 Å². The summed E-state index contributed by atoms with van der Waals surface area (Å²) in [6.45, 7) is 0. The van der Waals surface area contributed by atoms with Gasteiger partial charge in [0, 0.05) is 11.9 Å². The summed E-state index contributed by atoms with van der Waals surface area (Å²) in [5.41, 5.74) is 2.74. The van der Waals surface area contributed by atoms with Gasteiger partial charge in [0.2, 0.25) is 0 Å². The third-order valence-electron chi connectivity index (χ3n) is 4.23. The maximum Gasteiger partial charge on any atom is 0.0878 e. The van der Waals surface area contributed by atoms with Gasteiger partial charge < -0.3 is 14.6 Å². The summed E-state index contributed by atoms with van der Waals surface area (Å²) in [4.78, 5) is 11.0. The van der Waals surface area contributed by atoms with Gasteiger partial charge in [0.05, 0.1) is 12.2 Å². The molecule has 16 heavy (non-hydrogen) atoms. The molecule has 3 heteroatoms. The largest absolute Gasteiger partial charge is 0.550 e. The van der Waals surface area contributed by atoms with Gasteiger partial charge in [-0.15, -0.1) is 0 Å². The van der Waals surface area contributed by atoms with Crippen molar-refractivity contribution in [3.8, 4) is 0 Å². The predicted molar refractivity (Wildman–Crippen MR) is 56.5 cm³/mol. The van der Waals surface area contributed by atoms with Crippen LogP contribution in [0, 0.1) is 5.92 Å². The van der Waals surface area contributed by atoms with E-state index < -0.39 is 5.97 Å². The lowest BCUT2D eigenvalue weighted by atomic mass is 9.79. The van der Waals surface area contributed by atoms with Gasteiger partial charge >= 0.3 is 0 Å². The van der Waals surface area contributed by atoms with E-state index in [0.29, 0.717) is 6.42 Å². The molecule has 0 radical (unpaired) electrons. The molecule has 2 heterocycles. The van der Waals surface area contributed by atoms with Gasteiger partial charge in [-0.1, -0.05) is 12.8 Å². The summed E-state index contributed by atoms with van der Waals surface area (Å²) in [5, 5.41) is 11.0. The zero-order valence-electron chi connectivity index (χ0n) is 9.41. The number of fused-ring (bicyclic) bond motifs is 4. The molecule has 3 nitrogen and oxygen atoms in total. The second-order valence-electron chi connectivity index (χ2n) is 5.17. The minimum atomic E-state index is -0.930. The lowest BCUT2D eigenvalue weighted by molar-refractivity contribution is -0.312. The van der Waals surface area contributed by atoms with E-state index in [4.69, 9.17) is 4.74 Å². The Bertz CT molecular complexity index is 345. The smallest absolute Gasteiger partial charge is 0.0878 e. The molecule has 2 aliphatic heterocycles. The van der Waals surface area contributed by atoms with E-state index in [1.165, 1.54) is 36.8 Å². The lowest BCUT2D eigenvalue weighted by Crippen LogP contribution is -2.38. The van der Waals surface area contributed by atoms with Crippen molar-refractivity contribution in [3.05, 3.63) is 11.1 Å². The molecular formula is C13H17O3-. The molecule has 1 aliphatic carbocycles. The van der Waals surface area contributed by atoms with Crippen LogP contribution in [0.2, 0.25) is 0 Å². The van der Waals surface area contributed by atoms with Crippen molar-refractivity contribution in [2.45, 2.75) is 57.2 Å². The van der Waals surface area contributed by atoms with Crippen LogP contribution in [0.15, 0.2) is 11.1 Å². The number of carbonyl (C=O) groups is 1. The first-order chi connectivity index (χ1) is 7.77. The van der Waals surface area contributed by atoms with Crippen molar-refractivity contribution in [1.82, 2.24) is 0 Å². The van der Waals surface area contributed by atoms with Gasteiger partial charge in [0.15, 0.2) is 0 Å². The summed E-state index contributed by atoms with van der Waals surface area (Å²) < 4.78 is 5.81. The number of carbonyl (C=O) groups excluding carboxylic acids is 1. The van der Waals surface area contributed by atoms with Gasteiger partial charge in [-0.3, -0.25) is 0 Å². The number of aliphatic carboxylic acids is 1. The minimum Gasteiger partial charge on any atom is -0.550 e. The molecule has 3 atom stereocenters. The Morgan fingerprint density at radius 1 is 1.12 bits per heavy atom. The number of hydrogen-bond acceptors (Lipinski definition) is 3. The van der Waals surface area contributed by atoms with Crippen LogP contribution >= 0.6 is 0 Å². The molecule has 1 saturated heterocycles. The maximum absolute atomic E-state index is 11.0. The monoisotopic (exact) mass is 221 g/mol. The third-order valence-corrected chi connectivity index (χ3v) is 4.23. The van der Waals surface area contributed by atoms with Gasteiger partial charge in [0.25, 0.3) is 0 Å². The fourth-order valence-electron chi connectivity index (χ4n) is 3.45. The summed E-state index contributed by atoms with van der Waals surface area (Å²) in [6, 6.07) is 0. The predicted octanol–water partition coefficient (Wildman–Crippen LogP) is 1.17. The highest BCUT2D eigenvalue weighted by molar-refractivity contribution is 5.71.